The molecule has 1 atom stereocenters. The number of hydrogen-bond acceptors (Lipinski definition) is 1. The molecule has 2 N–H and O–H groups in total. The standard InChI is InChI=1S/C19H25N/c1-3-19(2,20)15-14-16-8-7-11-18(13-12-16)17-9-5-4-6-10-17/h4-6,8-13H,3,7,14-15,20H2,1-2H3. The zero-order valence-electron chi connectivity index (χ0n) is 12.6. The Kier molecular flexibility index (Phi) is 4.97. The van der Waals surface area contributed by atoms with Crippen LogP contribution < -0.4 is 5.73 Å². The molecule has 0 heterocycles. The van der Waals surface area contributed by atoms with E-state index in [1.54, 1.807) is 0 Å². The van der Waals surface area contributed by atoms with Gasteiger partial charge in [-0.1, -0.05) is 67.1 Å². The summed E-state index contributed by atoms with van der Waals surface area (Å²) in [5.41, 5.74) is 10.2. The third-order valence-corrected chi connectivity index (χ3v) is 4.09. The highest BCUT2D eigenvalue weighted by atomic mass is 14.7. The Morgan fingerprint density at radius 3 is 2.55 bits per heavy atom. The number of rotatable bonds is 5. The second-order valence-electron chi connectivity index (χ2n) is 5.88. The summed E-state index contributed by atoms with van der Waals surface area (Å²) < 4.78 is 0. The van der Waals surface area contributed by atoms with Gasteiger partial charge >= 0.3 is 0 Å². The average molecular weight is 267 g/mol. The van der Waals surface area contributed by atoms with Gasteiger partial charge in [0.2, 0.25) is 0 Å². The molecule has 0 amide bonds. The van der Waals surface area contributed by atoms with E-state index in [9.17, 15) is 0 Å². The molecule has 0 bridgehead atoms. The Morgan fingerprint density at radius 1 is 1.10 bits per heavy atom. The van der Waals surface area contributed by atoms with Crippen molar-refractivity contribution in [2.45, 2.75) is 45.1 Å². The quantitative estimate of drug-likeness (QED) is 0.809. The van der Waals surface area contributed by atoms with Crippen LogP contribution in [0.3, 0.4) is 0 Å². The highest BCUT2D eigenvalue weighted by Crippen LogP contribution is 2.24. The highest BCUT2D eigenvalue weighted by Gasteiger charge is 2.15. The number of nitrogens with two attached hydrogens (primary N) is 1. The second-order valence-corrected chi connectivity index (χ2v) is 5.88. The van der Waals surface area contributed by atoms with Crippen LogP contribution in [0.25, 0.3) is 5.57 Å². The maximum Gasteiger partial charge on any atom is 0.0126 e. The maximum absolute atomic E-state index is 6.23. The Balaban J connectivity index is 2.00. The molecule has 0 saturated heterocycles. The first-order valence-corrected chi connectivity index (χ1v) is 7.52. The summed E-state index contributed by atoms with van der Waals surface area (Å²) in [6.07, 6.45) is 13.2. The van der Waals surface area contributed by atoms with Gasteiger partial charge in [0.15, 0.2) is 0 Å². The largest absolute Gasteiger partial charge is 0.325 e. The molecule has 1 unspecified atom stereocenters. The molecule has 1 aliphatic carbocycles. The predicted molar refractivity (Wildman–Crippen MR) is 88.4 cm³/mol. The summed E-state index contributed by atoms with van der Waals surface area (Å²) in [7, 11) is 0. The van der Waals surface area contributed by atoms with Gasteiger partial charge in [0.25, 0.3) is 0 Å². The molecule has 0 spiro atoms. The summed E-state index contributed by atoms with van der Waals surface area (Å²) in [4.78, 5) is 0. The zero-order chi connectivity index (χ0) is 14.4. The van der Waals surface area contributed by atoms with E-state index < -0.39 is 0 Å². The van der Waals surface area contributed by atoms with Crippen molar-refractivity contribution in [3.8, 4) is 0 Å². The van der Waals surface area contributed by atoms with Crippen LogP contribution in [0.5, 0.6) is 0 Å². The van der Waals surface area contributed by atoms with Gasteiger partial charge in [0, 0.05) is 5.54 Å². The molecular weight excluding hydrogens is 242 g/mol. The van der Waals surface area contributed by atoms with Gasteiger partial charge in [-0.25, -0.2) is 0 Å². The van der Waals surface area contributed by atoms with Gasteiger partial charge in [0.1, 0.15) is 0 Å². The van der Waals surface area contributed by atoms with E-state index in [-0.39, 0.29) is 5.54 Å². The van der Waals surface area contributed by atoms with E-state index in [4.69, 9.17) is 5.73 Å². The van der Waals surface area contributed by atoms with Crippen molar-refractivity contribution in [1.82, 2.24) is 0 Å². The van der Waals surface area contributed by atoms with Crippen molar-refractivity contribution in [3.63, 3.8) is 0 Å². The molecule has 0 aliphatic heterocycles. The van der Waals surface area contributed by atoms with Crippen molar-refractivity contribution in [1.29, 1.82) is 0 Å². The van der Waals surface area contributed by atoms with E-state index >= 15 is 0 Å². The van der Waals surface area contributed by atoms with E-state index in [1.807, 2.05) is 0 Å². The first kappa shape index (κ1) is 14.8. The van der Waals surface area contributed by atoms with Crippen molar-refractivity contribution < 1.29 is 0 Å². The monoisotopic (exact) mass is 267 g/mol. The molecular formula is C19H25N. The topological polar surface area (TPSA) is 26.0 Å². The van der Waals surface area contributed by atoms with Gasteiger partial charge in [0.05, 0.1) is 0 Å². The zero-order valence-corrected chi connectivity index (χ0v) is 12.6. The lowest BCUT2D eigenvalue weighted by molar-refractivity contribution is 0.419. The molecule has 1 heteroatoms. The molecule has 1 aliphatic rings. The molecule has 0 fully saturated rings. The molecule has 1 nitrogen and oxygen atoms in total. The molecule has 1 aromatic rings. The molecule has 1 aromatic carbocycles. The van der Waals surface area contributed by atoms with Crippen LogP contribution in [-0.2, 0) is 0 Å². The van der Waals surface area contributed by atoms with E-state index in [2.05, 4.69) is 68.5 Å². The van der Waals surface area contributed by atoms with E-state index in [1.165, 1.54) is 16.7 Å². The Bertz CT molecular complexity index is 518. The summed E-state index contributed by atoms with van der Waals surface area (Å²) in [6.45, 7) is 4.30. The fourth-order valence-corrected chi connectivity index (χ4v) is 2.31. The third kappa shape index (κ3) is 4.21. The Hall–Kier alpha value is -1.60. The minimum Gasteiger partial charge on any atom is -0.325 e. The van der Waals surface area contributed by atoms with Gasteiger partial charge in [-0.3, -0.25) is 0 Å². The van der Waals surface area contributed by atoms with Crippen LogP contribution in [0.15, 0.2) is 60.2 Å². The first-order valence-electron chi connectivity index (χ1n) is 7.52. The SMILES string of the molecule is CCC(C)(N)CCC1=CCC=C(c2ccccc2)C=C1. The summed E-state index contributed by atoms with van der Waals surface area (Å²) in [6, 6.07) is 10.6. The predicted octanol–water partition coefficient (Wildman–Crippen LogP) is 4.86. The van der Waals surface area contributed by atoms with Crippen molar-refractivity contribution in [2.24, 2.45) is 5.73 Å². The summed E-state index contributed by atoms with van der Waals surface area (Å²) >= 11 is 0. The van der Waals surface area contributed by atoms with Crippen molar-refractivity contribution >= 4 is 5.57 Å². The summed E-state index contributed by atoms with van der Waals surface area (Å²) in [5, 5.41) is 0. The lowest BCUT2D eigenvalue weighted by atomic mass is 9.91. The Labute approximate surface area is 122 Å². The normalized spacial score (nSPS) is 17.9. The van der Waals surface area contributed by atoms with Crippen LogP contribution in [0, 0.1) is 0 Å². The molecule has 106 valence electrons. The molecule has 20 heavy (non-hydrogen) atoms. The maximum atomic E-state index is 6.23. The van der Waals surface area contributed by atoms with E-state index in [0.717, 1.165) is 25.7 Å². The minimum atomic E-state index is -0.0450. The van der Waals surface area contributed by atoms with Crippen molar-refractivity contribution in [2.75, 3.05) is 0 Å². The van der Waals surface area contributed by atoms with Crippen LogP contribution in [0.1, 0.15) is 45.1 Å². The summed E-state index contributed by atoms with van der Waals surface area (Å²) in [5.74, 6) is 0. The fraction of sp³-hybridized carbons (Fsp3) is 0.368. The Morgan fingerprint density at radius 2 is 1.85 bits per heavy atom. The minimum absolute atomic E-state index is 0.0450. The van der Waals surface area contributed by atoms with Crippen LogP contribution in [0.4, 0.5) is 0 Å². The number of hydrogen-bond donors (Lipinski definition) is 1. The van der Waals surface area contributed by atoms with E-state index in [0.29, 0.717) is 0 Å². The van der Waals surface area contributed by atoms with Crippen LogP contribution in [-0.4, -0.2) is 5.54 Å². The van der Waals surface area contributed by atoms with Gasteiger partial charge < -0.3 is 5.73 Å². The highest BCUT2D eigenvalue weighted by molar-refractivity contribution is 5.75. The van der Waals surface area contributed by atoms with Crippen LogP contribution >= 0.6 is 0 Å². The molecule has 0 saturated carbocycles. The van der Waals surface area contributed by atoms with Crippen LogP contribution in [0.2, 0.25) is 0 Å². The van der Waals surface area contributed by atoms with Gasteiger partial charge in [-0.15, -0.1) is 0 Å². The lowest BCUT2D eigenvalue weighted by Gasteiger charge is -2.22. The lowest BCUT2D eigenvalue weighted by Crippen LogP contribution is -2.34. The smallest absolute Gasteiger partial charge is 0.0126 e. The first-order chi connectivity index (χ1) is 9.61. The molecule has 0 radical (unpaired) electrons. The number of benzene rings is 1. The van der Waals surface area contributed by atoms with Gasteiger partial charge in [-0.2, -0.15) is 0 Å². The second kappa shape index (κ2) is 6.71. The van der Waals surface area contributed by atoms with Crippen molar-refractivity contribution in [3.05, 3.63) is 65.8 Å². The average Bonchev–Trinajstić information content (AvgIpc) is 2.72. The number of allylic oxidation sites excluding steroid dienone is 6. The molecule has 2 rings (SSSR count). The fourth-order valence-electron chi connectivity index (χ4n) is 2.31. The van der Waals surface area contributed by atoms with Gasteiger partial charge in [-0.05, 0) is 43.7 Å². The molecule has 0 aromatic heterocycles. The third-order valence-electron chi connectivity index (χ3n) is 4.09.